The summed E-state index contributed by atoms with van der Waals surface area (Å²) in [5.74, 6) is 0. The van der Waals surface area contributed by atoms with Crippen LogP contribution in [0.25, 0.3) is 0 Å². The fraction of sp³-hybridized carbons (Fsp3) is 0.312. The molecule has 0 radical (unpaired) electrons. The van der Waals surface area contributed by atoms with Gasteiger partial charge in [-0.3, -0.25) is 4.98 Å². The lowest BCUT2D eigenvalue weighted by atomic mass is 10.0. The third-order valence-corrected chi connectivity index (χ3v) is 4.41. The molecule has 0 N–H and O–H groups in total. The number of aromatic nitrogens is 1. The fourth-order valence-electron chi connectivity index (χ4n) is 2.11. The van der Waals surface area contributed by atoms with Gasteiger partial charge in [0.2, 0.25) is 0 Å². The second-order valence-electron chi connectivity index (χ2n) is 4.73. The van der Waals surface area contributed by atoms with Crippen LogP contribution in [0.5, 0.6) is 0 Å². The number of halogens is 2. The van der Waals surface area contributed by atoms with Gasteiger partial charge < -0.3 is 0 Å². The molecule has 0 saturated carbocycles. The first-order valence-corrected chi connectivity index (χ1v) is 7.73. The summed E-state index contributed by atoms with van der Waals surface area (Å²) in [6, 6.07) is 10.5. The quantitative estimate of drug-likeness (QED) is 0.700. The number of alkyl halides is 1. The summed E-state index contributed by atoms with van der Waals surface area (Å²) in [5, 5.41) is 0.753. The van der Waals surface area contributed by atoms with Crippen molar-refractivity contribution in [3.05, 3.63) is 64.4 Å². The van der Waals surface area contributed by atoms with Crippen LogP contribution >= 0.6 is 27.5 Å². The summed E-state index contributed by atoms with van der Waals surface area (Å²) >= 11 is 9.88. The van der Waals surface area contributed by atoms with Crippen molar-refractivity contribution in [2.45, 2.75) is 31.0 Å². The van der Waals surface area contributed by atoms with E-state index < -0.39 is 0 Å². The number of aryl methyl sites for hydroxylation is 2. The predicted octanol–water partition coefficient (Wildman–Crippen LogP) is 4.98. The maximum Gasteiger partial charge on any atom is 0.0621 e. The number of pyridine rings is 1. The summed E-state index contributed by atoms with van der Waals surface area (Å²) < 4.78 is 0. The van der Waals surface area contributed by atoms with Crippen LogP contribution in [0.4, 0.5) is 0 Å². The highest BCUT2D eigenvalue weighted by Crippen LogP contribution is 2.21. The molecule has 19 heavy (non-hydrogen) atoms. The molecule has 0 fully saturated rings. The maximum absolute atomic E-state index is 6.13. The third-order valence-electron chi connectivity index (χ3n) is 3.29. The van der Waals surface area contributed by atoms with E-state index in [1.165, 1.54) is 11.1 Å². The van der Waals surface area contributed by atoms with Crippen molar-refractivity contribution in [3.63, 3.8) is 0 Å². The van der Waals surface area contributed by atoms with Crippen LogP contribution in [0, 0.1) is 6.92 Å². The fourth-order valence-corrected chi connectivity index (χ4v) is 2.89. The first-order valence-electron chi connectivity index (χ1n) is 6.44. The van der Waals surface area contributed by atoms with Crippen LogP contribution in [0.1, 0.15) is 23.1 Å². The van der Waals surface area contributed by atoms with Crippen LogP contribution in [0.2, 0.25) is 5.02 Å². The van der Waals surface area contributed by atoms with Gasteiger partial charge in [-0.2, -0.15) is 0 Å². The molecule has 1 heterocycles. The summed E-state index contributed by atoms with van der Waals surface area (Å²) in [4.78, 5) is 4.45. The SMILES string of the molecule is Cc1ccccc1CCC(Br)Cc1ccncc1Cl. The van der Waals surface area contributed by atoms with E-state index >= 15 is 0 Å². The highest BCUT2D eigenvalue weighted by Gasteiger charge is 2.09. The number of nitrogens with zero attached hydrogens (tertiary/aromatic N) is 1. The number of hydrogen-bond acceptors (Lipinski definition) is 1. The van der Waals surface area contributed by atoms with Gasteiger partial charge in [-0.05, 0) is 48.9 Å². The molecule has 0 bridgehead atoms. The van der Waals surface area contributed by atoms with Crippen molar-refractivity contribution < 1.29 is 0 Å². The molecule has 0 aliphatic heterocycles. The zero-order valence-corrected chi connectivity index (χ0v) is 13.3. The second-order valence-corrected chi connectivity index (χ2v) is 6.44. The number of hydrogen-bond donors (Lipinski definition) is 0. The normalized spacial score (nSPS) is 12.4. The second kappa shape index (κ2) is 7.06. The van der Waals surface area contributed by atoms with Crippen molar-refractivity contribution in [1.29, 1.82) is 0 Å². The summed E-state index contributed by atoms with van der Waals surface area (Å²) in [5.41, 5.74) is 3.94. The predicted molar refractivity (Wildman–Crippen MR) is 85.2 cm³/mol. The van der Waals surface area contributed by atoms with Gasteiger partial charge in [0.05, 0.1) is 5.02 Å². The standard InChI is InChI=1S/C16H17BrClN/c1-12-4-2-3-5-13(12)6-7-15(17)10-14-8-9-19-11-16(14)18/h2-5,8-9,11,15H,6-7,10H2,1H3. The lowest BCUT2D eigenvalue weighted by molar-refractivity contribution is 0.760. The molecule has 100 valence electrons. The highest BCUT2D eigenvalue weighted by atomic mass is 79.9. The monoisotopic (exact) mass is 337 g/mol. The molecule has 1 aromatic heterocycles. The molecule has 0 amide bonds. The van der Waals surface area contributed by atoms with E-state index in [2.05, 4.69) is 52.1 Å². The van der Waals surface area contributed by atoms with Gasteiger partial charge in [0, 0.05) is 17.2 Å². The maximum atomic E-state index is 6.13. The van der Waals surface area contributed by atoms with Crippen molar-refractivity contribution in [3.8, 4) is 0 Å². The molecule has 1 nitrogen and oxygen atoms in total. The Bertz CT molecular complexity index is 542. The van der Waals surface area contributed by atoms with Crippen LogP contribution in [0.3, 0.4) is 0 Å². The minimum atomic E-state index is 0.437. The molecule has 0 spiro atoms. The van der Waals surface area contributed by atoms with E-state index in [1.54, 1.807) is 12.4 Å². The molecular formula is C16H17BrClN. The lowest BCUT2D eigenvalue weighted by Crippen LogP contribution is -2.05. The van der Waals surface area contributed by atoms with E-state index in [9.17, 15) is 0 Å². The molecule has 0 aliphatic rings. The van der Waals surface area contributed by atoms with Gasteiger partial charge >= 0.3 is 0 Å². The molecule has 1 atom stereocenters. The van der Waals surface area contributed by atoms with Gasteiger partial charge in [-0.1, -0.05) is 51.8 Å². The van der Waals surface area contributed by atoms with Crippen LogP contribution in [0.15, 0.2) is 42.7 Å². The minimum Gasteiger partial charge on any atom is -0.263 e. The Morgan fingerprint density at radius 1 is 1.21 bits per heavy atom. The first-order chi connectivity index (χ1) is 9.16. The van der Waals surface area contributed by atoms with Gasteiger partial charge in [0.25, 0.3) is 0 Å². The molecule has 2 aromatic rings. The van der Waals surface area contributed by atoms with Gasteiger partial charge in [-0.15, -0.1) is 0 Å². The van der Waals surface area contributed by atoms with Crippen LogP contribution in [-0.2, 0) is 12.8 Å². The van der Waals surface area contributed by atoms with Gasteiger partial charge in [0.15, 0.2) is 0 Å². The Labute approximate surface area is 128 Å². The zero-order chi connectivity index (χ0) is 13.7. The van der Waals surface area contributed by atoms with E-state index in [-0.39, 0.29) is 0 Å². The Balaban J connectivity index is 1.90. The Hall–Kier alpha value is -0.860. The average Bonchev–Trinajstić information content (AvgIpc) is 2.40. The van der Waals surface area contributed by atoms with Gasteiger partial charge in [0.1, 0.15) is 0 Å². The number of rotatable bonds is 5. The lowest BCUT2D eigenvalue weighted by Gasteiger charge is -2.12. The Morgan fingerprint density at radius 2 is 2.00 bits per heavy atom. The summed E-state index contributed by atoms with van der Waals surface area (Å²) in [6.07, 6.45) is 6.63. The molecule has 2 rings (SSSR count). The Kier molecular flexibility index (Phi) is 5.41. The molecule has 0 aliphatic carbocycles. The van der Waals surface area contributed by atoms with Crippen LogP contribution in [-0.4, -0.2) is 9.81 Å². The largest absolute Gasteiger partial charge is 0.263 e. The van der Waals surface area contributed by atoms with Crippen molar-refractivity contribution >= 4 is 27.5 Å². The highest BCUT2D eigenvalue weighted by molar-refractivity contribution is 9.09. The molecule has 1 aromatic carbocycles. The smallest absolute Gasteiger partial charge is 0.0621 e. The van der Waals surface area contributed by atoms with Crippen LogP contribution < -0.4 is 0 Å². The third kappa shape index (κ3) is 4.32. The Morgan fingerprint density at radius 3 is 2.74 bits per heavy atom. The molecule has 0 saturated heterocycles. The van der Waals surface area contributed by atoms with Crippen molar-refractivity contribution in [1.82, 2.24) is 4.98 Å². The van der Waals surface area contributed by atoms with Crippen molar-refractivity contribution in [2.24, 2.45) is 0 Å². The summed E-state index contributed by atoms with van der Waals surface area (Å²) in [7, 11) is 0. The van der Waals surface area contributed by atoms with Crippen molar-refractivity contribution in [2.75, 3.05) is 0 Å². The molecule has 1 unspecified atom stereocenters. The first kappa shape index (κ1) is 14.5. The number of benzene rings is 1. The average molecular weight is 339 g/mol. The van der Waals surface area contributed by atoms with Gasteiger partial charge in [-0.25, -0.2) is 0 Å². The topological polar surface area (TPSA) is 12.9 Å². The van der Waals surface area contributed by atoms with E-state index in [1.807, 2.05) is 6.07 Å². The molecule has 3 heteroatoms. The van der Waals surface area contributed by atoms with E-state index in [4.69, 9.17) is 11.6 Å². The minimum absolute atomic E-state index is 0.437. The summed E-state index contributed by atoms with van der Waals surface area (Å²) in [6.45, 7) is 2.16. The van der Waals surface area contributed by atoms with E-state index in [0.29, 0.717) is 4.83 Å². The zero-order valence-electron chi connectivity index (χ0n) is 10.9. The molecular weight excluding hydrogens is 322 g/mol. The van der Waals surface area contributed by atoms with E-state index in [0.717, 1.165) is 29.8 Å².